The molecule has 0 saturated carbocycles. The molecule has 0 spiro atoms. The van der Waals surface area contributed by atoms with Gasteiger partial charge in [0.25, 0.3) is 5.91 Å². The predicted molar refractivity (Wildman–Crippen MR) is 121 cm³/mol. The topological polar surface area (TPSA) is 113 Å². The van der Waals surface area contributed by atoms with Gasteiger partial charge in [-0.2, -0.15) is 4.31 Å². The van der Waals surface area contributed by atoms with Crippen molar-refractivity contribution < 1.29 is 27.9 Å². The zero-order chi connectivity index (χ0) is 23.5. The van der Waals surface area contributed by atoms with Crippen LogP contribution in [0.25, 0.3) is 0 Å². The lowest BCUT2D eigenvalue weighted by Crippen LogP contribution is -2.42. The van der Waals surface area contributed by atoms with E-state index in [1.165, 1.54) is 22.7 Å². The molecule has 0 unspecified atom stereocenters. The lowest BCUT2D eigenvalue weighted by atomic mass is 10.0. The Bertz CT molecular complexity index is 1090. The van der Waals surface area contributed by atoms with Crippen molar-refractivity contribution >= 4 is 45.1 Å². The van der Waals surface area contributed by atoms with E-state index in [9.17, 15) is 23.1 Å². The highest BCUT2D eigenvalue weighted by atomic mass is 35.5. The van der Waals surface area contributed by atoms with Gasteiger partial charge in [-0.1, -0.05) is 41.4 Å². The molecule has 32 heavy (non-hydrogen) atoms. The Balaban J connectivity index is 1.62. The fourth-order valence-corrected chi connectivity index (χ4v) is 4.82. The van der Waals surface area contributed by atoms with Crippen LogP contribution in [0.3, 0.4) is 0 Å². The van der Waals surface area contributed by atoms with E-state index in [2.05, 4.69) is 5.32 Å². The standard InChI is InChI=1S/C21H22Cl2N2O6S/c1-32(29,30)25-10-9-15(12-25)31-14-7-5-13(6-8-14)11-18(21(27)28)24-20(26)19-16(22)3-2-4-17(19)23/h2-8,15,18H,9-12H2,1H3,(H,24,26)(H,27,28)/t15-,18+/m1/s1. The number of carboxylic acid groups (broad SMARTS) is 1. The van der Waals surface area contributed by atoms with Gasteiger partial charge in [0.15, 0.2) is 0 Å². The number of rotatable bonds is 8. The molecule has 2 aromatic carbocycles. The molecule has 2 atom stereocenters. The van der Waals surface area contributed by atoms with E-state index in [1.54, 1.807) is 30.3 Å². The van der Waals surface area contributed by atoms with Gasteiger partial charge in [0.1, 0.15) is 17.9 Å². The maximum atomic E-state index is 12.5. The van der Waals surface area contributed by atoms with E-state index in [0.717, 1.165) is 0 Å². The molecule has 1 amide bonds. The summed E-state index contributed by atoms with van der Waals surface area (Å²) in [5.74, 6) is -1.33. The van der Waals surface area contributed by atoms with E-state index in [1.807, 2.05) is 0 Å². The number of carbonyl (C=O) groups excluding carboxylic acids is 1. The molecule has 1 saturated heterocycles. The first-order valence-corrected chi connectivity index (χ1v) is 12.3. The molecular formula is C21H22Cl2N2O6S. The molecule has 1 heterocycles. The first-order chi connectivity index (χ1) is 15.0. The highest BCUT2D eigenvalue weighted by Crippen LogP contribution is 2.25. The molecule has 0 aliphatic carbocycles. The summed E-state index contributed by atoms with van der Waals surface area (Å²) in [4.78, 5) is 24.2. The molecule has 0 radical (unpaired) electrons. The summed E-state index contributed by atoms with van der Waals surface area (Å²) in [6, 6.07) is 10.1. The maximum absolute atomic E-state index is 12.5. The number of sulfonamides is 1. The zero-order valence-corrected chi connectivity index (χ0v) is 19.5. The van der Waals surface area contributed by atoms with Crippen LogP contribution in [0.2, 0.25) is 10.0 Å². The van der Waals surface area contributed by atoms with Crippen LogP contribution in [0.15, 0.2) is 42.5 Å². The monoisotopic (exact) mass is 500 g/mol. The van der Waals surface area contributed by atoms with Crippen LogP contribution in [0.5, 0.6) is 5.75 Å². The van der Waals surface area contributed by atoms with Crippen LogP contribution < -0.4 is 10.1 Å². The Morgan fingerprint density at radius 2 is 1.81 bits per heavy atom. The third kappa shape index (κ3) is 6.13. The molecule has 3 rings (SSSR count). The van der Waals surface area contributed by atoms with Crippen LogP contribution in [-0.2, 0) is 21.2 Å². The van der Waals surface area contributed by atoms with Gasteiger partial charge in [0, 0.05) is 13.0 Å². The smallest absolute Gasteiger partial charge is 0.326 e. The first kappa shape index (κ1) is 24.3. The zero-order valence-electron chi connectivity index (χ0n) is 17.1. The van der Waals surface area contributed by atoms with Crippen LogP contribution in [-0.4, -0.2) is 61.2 Å². The largest absolute Gasteiger partial charge is 0.489 e. The van der Waals surface area contributed by atoms with Gasteiger partial charge in [0.2, 0.25) is 10.0 Å². The Labute approximate surface area is 196 Å². The second-order valence-corrected chi connectivity index (χ2v) is 10.3. The molecule has 1 aliphatic heterocycles. The van der Waals surface area contributed by atoms with Crippen molar-refractivity contribution in [3.63, 3.8) is 0 Å². The van der Waals surface area contributed by atoms with E-state index in [4.69, 9.17) is 27.9 Å². The number of hydrogen-bond acceptors (Lipinski definition) is 5. The number of carboxylic acids is 1. The summed E-state index contributed by atoms with van der Waals surface area (Å²) in [6.45, 7) is 0.704. The van der Waals surface area contributed by atoms with E-state index in [0.29, 0.717) is 24.3 Å². The van der Waals surface area contributed by atoms with Gasteiger partial charge in [-0.05, 0) is 36.2 Å². The number of nitrogens with zero attached hydrogens (tertiary/aromatic N) is 1. The van der Waals surface area contributed by atoms with Crippen LogP contribution in [0, 0.1) is 0 Å². The van der Waals surface area contributed by atoms with E-state index < -0.39 is 27.9 Å². The molecular weight excluding hydrogens is 479 g/mol. The molecule has 1 aliphatic rings. The quantitative estimate of drug-likeness (QED) is 0.575. The van der Waals surface area contributed by atoms with Gasteiger partial charge in [0.05, 0.1) is 28.4 Å². The van der Waals surface area contributed by atoms with Crippen molar-refractivity contribution in [3.05, 3.63) is 63.6 Å². The molecule has 8 nitrogen and oxygen atoms in total. The maximum Gasteiger partial charge on any atom is 0.326 e. The van der Waals surface area contributed by atoms with Gasteiger partial charge in [-0.25, -0.2) is 13.2 Å². The predicted octanol–water partition coefficient (Wildman–Crippen LogP) is 2.83. The van der Waals surface area contributed by atoms with Crippen LogP contribution in [0.4, 0.5) is 0 Å². The van der Waals surface area contributed by atoms with Gasteiger partial charge < -0.3 is 15.2 Å². The fourth-order valence-electron chi connectivity index (χ4n) is 3.37. The Morgan fingerprint density at radius 1 is 1.19 bits per heavy atom. The molecule has 2 aromatic rings. The minimum Gasteiger partial charge on any atom is -0.489 e. The SMILES string of the molecule is CS(=O)(=O)N1CC[C@@H](Oc2ccc(C[C@H](NC(=O)c3c(Cl)cccc3Cl)C(=O)O)cc2)C1. The highest BCUT2D eigenvalue weighted by Gasteiger charge is 2.30. The summed E-state index contributed by atoms with van der Waals surface area (Å²) >= 11 is 12.1. The van der Waals surface area contributed by atoms with Crippen molar-refractivity contribution in [1.29, 1.82) is 0 Å². The minimum absolute atomic E-state index is 0.0190. The summed E-state index contributed by atoms with van der Waals surface area (Å²) < 4.78 is 30.4. The molecule has 1 fully saturated rings. The second kappa shape index (κ2) is 10.1. The number of halogens is 2. The van der Waals surface area contributed by atoms with Crippen LogP contribution >= 0.6 is 23.2 Å². The second-order valence-electron chi connectivity index (χ2n) is 7.46. The van der Waals surface area contributed by atoms with Crippen molar-refractivity contribution in [2.24, 2.45) is 0 Å². The minimum atomic E-state index is -3.24. The third-order valence-corrected chi connectivity index (χ3v) is 6.94. The molecule has 172 valence electrons. The fraction of sp³-hybridized carbons (Fsp3) is 0.333. The van der Waals surface area contributed by atoms with Gasteiger partial charge in [-0.15, -0.1) is 0 Å². The summed E-state index contributed by atoms with van der Waals surface area (Å²) in [5, 5.41) is 12.3. The summed E-state index contributed by atoms with van der Waals surface area (Å²) in [7, 11) is -3.24. The number of nitrogens with one attached hydrogen (secondary N) is 1. The molecule has 11 heteroatoms. The lowest BCUT2D eigenvalue weighted by Gasteiger charge is -2.17. The van der Waals surface area contributed by atoms with Gasteiger partial charge in [-0.3, -0.25) is 4.79 Å². The van der Waals surface area contributed by atoms with E-state index in [-0.39, 0.29) is 34.7 Å². The number of carbonyl (C=O) groups is 2. The average molecular weight is 501 g/mol. The normalized spacial score (nSPS) is 17.7. The number of hydrogen-bond donors (Lipinski definition) is 2. The van der Waals surface area contributed by atoms with Crippen molar-refractivity contribution in [2.75, 3.05) is 19.3 Å². The third-order valence-electron chi connectivity index (χ3n) is 5.04. The summed E-state index contributed by atoms with van der Waals surface area (Å²) in [5.41, 5.74) is 0.685. The van der Waals surface area contributed by atoms with Crippen molar-refractivity contribution in [1.82, 2.24) is 9.62 Å². The van der Waals surface area contributed by atoms with Crippen LogP contribution in [0.1, 0.15) is 22.3 Å². The van der Waals surface area contributed by atoms with E-state index >= 15 is 0 Å². The number of benzene rings is 2. The summed E-state index contributed by atoms with van der Waals surface area (Å²) in [6.07, 6.45) is 1.55. The number of aliphatic carboxylic acids is 1. The van der Waals surface area contributed by atoms with Gasteiger partial charge >= 0.3 is 5.97 Å². The Kier molecular flexibility index (Phi) is 7.66. The Morgan fingerprint density at radius 3 is 2.34 bits per heavy atom. The molecule has 0 bridgehead atoms. The first-order valence-electron chi connectivity index (χ1n) is 9.73. The average Bonchev–Trinajstić information content (AvgIpc) is 3.18. The molecule has 2 N–H and O–H groups in total. The number of amides is 1. The lowest BCUT2D eigenvalue weighted by molar-refractivity contribution is -0.139. The number of ether oxygens (including phenoxy) is 1. The Hall–Kier alpha value is -2.33. The van der Waals surface area contributed by atoms with Crippen molar-refractivity contribution in [3.8, 4) is 5.75 Å². The highest BCUT2D eigenvalue weighted by molar-refractivity contribution is 7.88. The molecule has 0 aromatic heterocycles. The van der Waals surface area contributed by atoms with Crippen molar-refractivity contribution in [2.45, 2.75) is 25.0 Å².